The predicted molar refractivity (Wildman–Crippen MR) is 133 cm³/mol. The van der Waals surface area contributed by atoms with E-state index in [2.05, 4.69) is 24.4 Å². The van der Waals surface area contributed by atoms with Crippen molar-refractivity contribution in [3.8, 4) is 17.2 Å². The first-order valence-electron chi connectivity index (χ1n) is 10.8. The van der Waals surface area contributed by atoms with Crippen LogP contribution in [-0.2, 0) is 16.1 Å². The second kappa shape index (κ2) is 9.47. The molecule has 0 unspecified atom stereocenters. The summed E-state index contributed by atoms with van der Waals surface area (Å²) < 4.78 is 1.59. The smallest absolute Gasteiger partial charge is 0.323 e. The molecule has 0 aliphatic carbocycles. The number of nitrogens with zero attached hydrogens (tertiary/aromatic N) is 2. The first-order chi connectivity index (χ1) is 16.4. The molecule has 0 saturated heterocycles. The van der Waals surface area contributed by atoms with Crippen molar-refractivity contribution in [3.05, 3.63) is 95.2 Å². The van der Waals surface area contributed by atoms with Gasteiger partial charge in [0.1, 0.15) is 18.2 Å². The summed E-state index contributed by atoms with van der Waals surface area (Å²) in [6.45, 7) is 3.75. The minimum absolute atomic E-state index is 0.0689. The van der Waals surface area contributed by atoms with E-state index in [1.54, 1.807) is 16.8 Å². The lowest BCUT2D eigenvalue weighted by Crippen LogP contribution is -2.14. The summed E-state index contributed by atoms with van der Waals surface area (Å²) in [6.07, 6.45) is 3.14. The maximum atomic E-state index is 12.9. The van der Waals surface area contributed by atoms with E-state index < -0.39 is 11.9 Å². The number of fused-ring (bicyclic) bond motifs is 1. The van der Waals surface area contributed by atoms with Crippen LogP contribution in [-0.4, -0.2) is 21.6 Å². The lowest BCUT2D eigenvalue weighted by molar-refractivity contribution is -0.137. The number of nitriles is 1. The molecule has 0 saturated carbocycles. The van der Waals surface area contributed by atoms with Crippen LogP contribution >= 0.6 is 0 Å². The summed E-state index contributed by atoms with van der Waals surface area (Å²) in [5.41, 5.74) is 6.10. The largest absolute Gasteiger partial charge is 0.480 e. The highest BCUT2D eigenvalue weighted by atomic mass is 16.4. The molecule has 0 fully saturated rings. The Morgan fingerprint density at radius 1 is 1.03 bits per heavy atom. The first-order valence-corrected chi connectivity index (χ1v) is 10.8. The summed E-state index contributed by atoms with van der Waals surface area (Å²) in [7, 11) is 0. The summed E-state index contributed by atoms with van der Waals surface area (Å²) in [5.74, 6) is -1.50. The van der Waals surface area contributed by atoms with Crippen molar-refractivity contribution in [3.63, 3.8) is 0 Å². The molecule has 3 aromatic carbocycles. The SMILES string of the molecule is Cc1cc(-c2ccccc2C)ccc1NC(=O)/C(C#N)=C/c1cn(CC(=O)O)c2ccccc12. The molecule has 0 bridgehead atoms. The highest BCUT2D eigenvalue weighted by molar-refractivity contribution is 6.11. The van der Waals surface area contributed by atoms with Gasteiger partial charge in [0.2, 0.25) is 0 Å². The van der Waals surface area contributed by atoms with Gasteiger partial charge in [0.25, 0.3) is 5.91 Å². The van der Waals surface area contributed by atoms with Crippen molar-refractivity contribution in [2.75, 3.05) is 5.32 Å². The van der Waals surface area contributed by atoms with Crippen molar-refractivity contribution in [2.24, 2.45) is 0 Å². The summed E-state index contributed by atoms with van der Waals surface area (Å²) in [5, 5.41) is 22.5. The van der Waals surface area contributed by atoms with Crippen LogP contribution in [0, 0.1) is 25.2 Å². The van der Waals surface area contributed by atoms with Crippen molar-refractivity contribution in [1.82, 2.24) is 4.57 Å². The third kappa shape index (κ3) is 4.59. The number of carboxylic acids is 1. The Morgan fingerprint density at radius 3 is 2.47 bits per heavy atom. The fraction of sp³-hybridized carbons (Fsp3) is 0.107. The maximum Gasteiger partial charge on any atom is 0.323 e. The Morgan fingerprint density at radius 2 is 1.76 bits per heavy atom. The lowest BCUT2D eigenvalue weighted by atomic mass is 9.98. The van der Waals surface area contributed by atoms with E-state index >= 15 is 0 Å². The molecular formula is C28H23N3O3. The number of carbonyl (C=O) groups is 2. The molecular weight excluding hydrogens is 426 g/mol. The van der Waals surface area contributed by atoms with Crippen LogP contribution < -0.4 is 5.32 Å². The van der Waals surface area contributed by atoms with E-state index in [4.69, 9.17) is 0 Å². The molecule has 6 nitrogen and oxygen atoms in total. The van der Waals surface area contributed by atoms with Crippen molar-refractivity contribution in [2.45, 2.75) is 20.4 Å². The van der Waals surface area contributed by atoms with Gasteiger partial charge < -0.3 is 15.0 Å². The first kappa shape index (κ1) is 22.6. The molecule has 1 amide bonds. The van der Waals surface area contributed by atoms with Gasteiger partial charge in [-0.1, -0.05) is 48.5 Å². The molecule has 4 rings (SSSR count). The topological polar surface area (TPSA) is 95.1 Å². The standard InChI is InChI=1S/C28H23N3O3/c1-18-7-3-4-8-23(18)20-11-12-25(19(2)13-20)30-28(34)21(15-29)14-22-16-31(17-27(32)33)26-10-6-5-9-24(22)26/h3-14,16H,17H2,1-2H3,(H,30,34)(H,32,33)/b21-14+. The van der Waals surface area contributed by atoms with Crippen LogP contribution in [0.5, 0.6) is 0 Å². The zero-order chi connectivity index (χ0) is 24.2. The molecule has 34 heavy (non-hydrogen) atoms. The normalized spacial score (nSPS) is 11.3. The minimum atomic E-state index is -0.973. The zero-order valence-corrected chi connectivity index (χ0v) is 18.9. The van der Waals surface area contributed by atoms with E-state index in [1.807, 2.05) is 61.5 Å². The van der Waals surface area contributed by atoms with Gasteiger partial charge >= 0.3 is 5.97 Å². The number of hydrogen-bond donors (Lipinski definition) is 2. The monoisotopic (exact) mass is 449 g/mol. The van der Waals surface area contributed by atoms with Crippen LogP contribution in [0.4, 0.5) is 5.69 Å². The highest BCUT2D eigenvalue weighted by Crippen LogP contribution is 2.28. The second-order valence-electron chi connectivity index (χ2n) is 8.09. The number of anilines is 1. The predicted octanol–water partition coefficient (Wildman–Crippen LogP) is 5.56. The lowest BCUT2D eigenvalue weighted by Gasteiger charge is -2.11. The van der Waals surface area contributed by atoms with Crippen LogP contribution in [0.3, 0.4) is 0 Å². The molecule has 1 aromatic heterocycles. The van der Waals surface area contributed by atoms with Crippen molar-refractivity contribution >= 4 is 34.5 Å². The number of aryl methyl sites for hydroxylation is 2. The highest BCUT2D eigenvalue weighted by Gasteiger charge is 2.15. The van der Waals surface area contributed by atoms with Gasteiger partial charge in [-0.05, 0) is 60.4 Å². The Labute approximate surface area is 197 Å². The molecule has 4 aromatic rings. The van der Waals surface area contributed by atoms with Gasteiger partial charge in [0.15, 0.2) is 0 Å². The number of carbonyl (C=O) groups excluding carboxylic acids is 1. The molecule has 0 aliphatic heterocycles. The summed E-state index contributed by atoms with van der Waals surface area (Å²) in [4.78, 5) is 24.2. The number of carboxylic acid groups (broad SMARTS) is 1. The number of aliphatic carboxylic acids is 1. The fourth-order valence-corrected chi connectivity index (χ4v) is 4.03. The average Bonchev–Trinajstić information content (AvgIpc) is 3.15. The minimum Gasteiger partial charge on any atom is -0.480 e. The number of hydrogen-bond acceptors (Lipinski definition) is 3. The molecule has 6 heteroatoms. The average molecular weight is 450 g/mol. The van der Waals surface area contributed by atoms with E-state index in [1.165, 1.54) is 6.08 Å². The van der Waals surface area contributed by atoms with Gasteiger partial charge in [-0.25, -0.2) is 0 Å². The van der Waals surface area contributed by atoms with Gasteiger partial charge in [-0.15, -0.1) is 0 Å². The molecule has 0 aliphatic rings. The van der Waals surface area contributed by atoms with Crippen molar-refractivity contribution < 1.29 is 14.7 Å². The maximum absolute atomic E-state index is 12.9. The third-order valence-electron chi connectivity index (χ3n) is 5.72. The molecule has 0 spiro atoms. The second-order valence-corrected chi connectivity index (χ2v) is 8.09. The molecule has 1 heterocycles. The van der Waals surface area contributed by atoms with Crippen LogP contribution in [0.2, 0.25) is 0 Å². The molecule has 168 valence electrons. The number of aromatic nitrogens is 1. The van der Waals surface area contributed by atoms with Gasteiger partial charge in [0.05, 0.1) is 0 Å². The zero-order valence-electron chi connectivity index (χ0n) is 18.9. The van der Waals surface area contributed by atoms with E-state index in [0.717, 1.165) is 33.2 Å². The number of nitrogens with one attached hydrogen (secondary N) is 1. The van der Waals surface area contributed by atoms with E-state index in [-0.39, 0.29) is 12.1 Å². The van der Waals surface area contributed by atoms with Gasteiger partial charge in [0, 0.05) is 28.4 Å². The third-order valence-corrected chi connectivity index (χ3v) is 5.72. The summed E-state index contributed by atoms with van der Waals surface area (Å²) in [6, 6.07) is 23.1. The Hall–Kier alpha value is -4.63. The quantitative estimate of drug-likeness (QED) is 0.298. The van der Waals surface area contributed by atoms with Crippen LogP contribution in [0.1, 0.15) is 16.7 Å². The van der Waals surface area contributed by atoms with Crippen molar-refractivity contribution in [1.29, 1.82) is 5.26 Å². The Kier molecular flexibility index (Phi) is 6.28. The van der Waals surface area contributed by atoms with Crippen LogP contribution in [0.25, 0.3) is 28.1 Å². The molecule has 0 atom stereocenters. The van der Waals surface area contributed by atoms with Gasteiger partial charge in [-0.2, -0.15) is 5.26 Å². The number of rotatable bonds is 6. The van der Waals surface area contributed by atoms with E-state index in [0.29, 0.717) is 11.3 Å². The van der Waals surface area contributed by atoms with Gasteiger partial charge in [-0.3, -0.25) is 9.59 Å². The fourth-order valence-electron chi connectivity index (χ4n) is 4.03. The number of benzene rings is 3. The van der Waals surface area contributed by atoms with E-state index in [9.17, 15) is 20.0 Å². The summed E-state index contributed by atoms with van der Waals surface area (Å²) >= 11 is 0. The van der Waals surface area contributed by atoms with Crippen LogP contribution in [0.15, 0.2) is 78.5 Å². The Bertz CT molecular complexity index is 1490. The number of para-hydroxylation sites is 1. The number of amides is 1. The molecule has 2 N–H and O–H groups in total. The molecule has 0 radical (unpaired) electrons. The Balaban J connectivity index is 1.63.